The highest BCUT2D eigenvalue weighted by atomic mass is 16.3. The number of benzene rings is 2. The maximum Gasteiger partial charge on any atom is 0.273 e. The van der Waals surface area contributed by atoms with Crippen molar-refractivity contribution in [1.29, 1.82) is 0 Å². The number of hydrazine groups is 1. The van der Waals surface area contributed by atoms with Gasteiger partial charge in [0, 0.05) is 18.4 Å². The van der Waals surface area contributed by atoms with Crippen LogP contribution >= 0.6 is 0 Å². The van der Waals surface area contributed by atoms with E-state index in [-0.39, 0.29) is 29.9 Å². The van der Waals surface area contributed by atoms with Crippen LogP contribution in [0.25, 0.3) is 0 Å². The number of Topliss-reactive ketones (excluding diaryl/α,β-unsaturated/α-hetero) is 1. The van der Waals surface area contributed by atoms with Gasteiger partial charge in [-0.3, -0.25) is 25.2 Å². The fraction of sp³-hybridized carbons (Fsp3) is 0.211. The second-order valence-electron chi connectivity index (χ2n) is 5.76. The first-order chi connectivity index (χ1) is 11.9. The normalized spacial score (nSPS) is 10.2. The third-order valence-electron chi connectivity index (χ3n) is 3.74. The average molecular weight is 340 g/mol. The number of phenols is 1. The number of rotatable bonds is 5. The average Bonchev–Trinajstić information content (AvgIpc) is 2.60. The number of aromatic hydroxyl groups is 1. The van der Waals surface area contributed by atoms with Crippen molar-refractivity contribution in [3.05, 3.63) is 64.7 Å². The molecule has 0 spiro atoms. The lowest BCUT2D eigenvalue weighted by molar-refractivity contribution is -0.121. The minimum Gasteiger partial charge on any atom is -0.507 e. The van der Waals surface area contributed by atoms with Crippen LogP contribution in [0, 0.1) is 13.8 Å². The molecule has 0 aliphatic carbocycles. The molecule has 130 valence electrons. The van der Waals surface area contributed by atoms with Gasteiger partial charge in [0.2, 0.25) is 5.91 Å². The highest BCUT2D eigenvalue weighted by molar-refractivity contribution is 6.00. The predicted molar refractivity (Wildman–Crippen MR) is 93.2 cm³/mol. The lowest BCUT2D eigenvalue weighted by Crippen LogP contribution is -2.41. The summed E-state index contributed by atoms with van der Waals surface area (Å²) in [5, 5.41) is 9.58. The van der Waals surface area contributed by atoms with E-state index in [4.69, 9.17) is 0 Å². The minimum absolute atomic E-state index is 0.0442. The van der Waals surface area contributed by atoms with Gasteiger partial charge >= 0.3 is 0 Å². The number of aryl methyl sites for hydroxylation is 2. The Kier molecular flexibility index (Phi) is 5.89. The second-order valence-corrected chi connectivity index (χ2v) is 5.76. The molecular weight excluding hydrogens is 320 g/mol. The van der Waals surface area contributed by atoms with Gasteiger partial charge in [-0.15, -0.1) is 0 Å². The third-order valence-corrected chi connectivity index (χ3v) is 3.74. The molecule has 0 radical (unpaired) electrons. The van der Waals surface area contributed by atoms with Crippen LogP contribution in [0.2, 0.25) is 0 Å². The third kappa shape index (κ3) is 4.91. The zero-order valence-corrected chi connectivity index (χ0v) is 14.1. The van der Waals surface area contributed by atoms with Crippen molar-refractivity contribution in [2.75, 3.05) is 0 Å². The van der Waals surface area contributed by atoms with E-state index in [0.717, 1.165) is 11.1 Å². The van der Waals surface area contributed by atoms with E-state index >= 15 is 0 Å². The summed E-state index contributed by atoms with van der Waals surface area (Å²) in [4.78, 5) is 35.9. The van der Waals surface area contributed by atoms with Crippen LogP contribution in [0.15, 0.2) is 42.5 Å². The monoisotopic (exact) mass is 340 g/mol. The van der Waals surface area contributed by atoms with Crippen LogP contribution in [-0.4, -0.2) is 22.7 Å². The summed E-state index contributed by atoms with van der Waals surface area (Å²) < 4.78 is 0. The predicted octanol–water partition coefficient (Wildman–Crippen LogP) is 2.43. The van der Waals surface area contributed by atoms with Crippen molar-refractivity contribution in [1.82, 2.24) is 10.9 Å². The first kappa shape index (κ1) is 18.2. The van der Waals surface area contributed by atoms with Crippen LogP contribution in [0.1, 0.15) is 44.7 Å². The molecule has 2 amide bonds. The van der Waals surface area contributed by atoms with Crippen molar-refractivity contribution in [3.8, 4) is 5.75 Å². The molecule has 0 aromatic heterocycles. The first-order valence-corrected chi connectivity index (χ1v) is 7.86. The Hall–Kier alpha value is -3.15. The van der Waals surface area contributed by atoms with Crippen LogP contribution in [0.3, 0.4) is 0 Å². The number of hydrogen-bond acceptors (Lipinski definition) is 4. The zero-order chi connectivity index (χ0) is 18.4. The highest BCUT2D eigenvalue weighted by Gasteiger charge is 2.14. The van der Waals surface area contributed by atoms with E-state index in [0.29, 0.717) is 5.56 Å². The zero-order valence-electron chi connectivity index (χ0n) is 14.1. The number of carbonyl (C=O) groups excluding carboxylic acids is 3. The van der Waals surface area contributed by atoms with Crippen molar-refractivity contribution in [2.45, 2.75) is 26.7 Å². The van der Waals surface area contributed by atoms with Gasteiger partial charge in [-0.25, -0.2) is 0 Å². The van der Waals surface area contributed by atoms with Crippen LogP contribution in [-0.2, 0) is 4.79 Å². The molecule has 6 heteroatoms. The van der Waals surface area contributed by atoms with E-state index in [1.165, 1.54) is 12.1 Å². The largest absolute Gasteiger partial charge is 0.507 e. The lowest BCUT2D eigenvalue weighted by atomic mass is 9.99. The molecular formula is C19H20N2O4. The van der Waals surface area contributed by atoms with Crippen molar-refractivity contribution < 1.29 is 19.5 Å². The smallest absolute Gasteiger partial charge is 0.273 e. The molecule has 0 aliphatic heterocycles. The standard InChI is InChI=1S/C19H20N2O4/c1-12-7-8-13(2)15(11-12)17(23)9-10-18(24)20-21-19(25)14-5-3-4-6-16(14)22/h3-8,11,22H,9-10H2,1-2H3,(H,20,24)(H,21,25). The second kappa shape index (κ2) is 8.10. The van der Waals surface area contributed by atoms with Gasteiger partial charge in [0.15, 0.2) is 5.78 Å². The molecule has 2 rings (SSSR count). The molecule has 25 heavy (non-hydrogen) atoms. The van der Waals surface area contributed by atoms with E-state index < -0.39 is 11.8 Å². The van der Waals surface area contributed by atoms with Gasteiger partial charge in [0.25, 0.3) is 5.91 Å². The minimum atomic E-state index is -0.632. The Morgan fingerprint density at radius 3 is 2.36 bits per heavy atom. The Morgan fingerprint density at radius 1 is 0.920 bits per heavy atom. The van der Waals surface area contributed by atoms with E-state index in [2.05, 4.69) is 10.9 Å². The van der Waals surface area contributed by atoms with Crippen LogP contribution in [0.5, 0.6) is 5.75 Å². The molecule has 0 unspecified atom stereocenters. The first-order valence-electron chi connectivity index (χ1n) is 7.86. The molecule has 0 fully saturated rings. The molecule has 0 bridgehead atoms. The van der Waals surface area contributed by atoms with E-state index in [1.807, 2.05) is 26.0 Å². The van der Waals surface area contributed by atoms with Gasteiger partial charge in [0.1, 0.15) is 5.75 Å². The number of carbonyl (C=O) groups is 3. The SMILES string of the molecule is Cc1ccc(C)c(C(=O)CCC(=O)NNC(=O)c2ccccc2O)c1. The summed E-state index contributed by atoms with van der Waals surface area (Å²) >= 11 is 0. The summed E-state index contributed by atoms with van der Waals surface area (Å²) in [6, 6.07) is 11.6. The van der Waals surface area contributed by atoms with Gasteiger partial charge < -0.3 is 5.11 Å². The summed E-state index contributed by atoms with van der Waals surface area (Å²) in [6.45, 7) is 3.75. The number of amides is 2. The van der Waals surface area contributed by atoms with Crippen LogP contribution < -0.4 is 10.9 Å². The molecule has 2 aromatic rings. The fourth-order valence-electron chi connectivity index (χ4n) is 2.32. The summed E-state index contributed by atoms with van der Waals surface area (Å²) in [5.41, 5.74) is 6.95. The lowest BCUT2D eigenvalue weighted by Gasteiger charge is -2.09. The maximum absolute atomic E-state index is 12.2. The molecule has 0 heterocycles. The molecule has 0 saturated carbocycles. The molecule has 2 aromatic carbocycles. The molecule has 6 nitrogen and oxygen atoms in total. The van der Waals surface area contributed by atoms with E-state index in [1.54, 1.807) is 18.2 Å². The van der Waals surface area contributed by atoms with Crippen molar-refractivity contribution >= 4 is 17.6 Å². The summed E-state index contributed by atoms with van der Waals surface area (Å²) in [6.07, 6.45) is -0.00412. The van der Waals surface area contributed by atoms with E-state index in [9.17, 15) is 19.5 Å². The van der Waals surface area contributed by atoms with Crippen molar-refractivity contribution in [2.24, 2.45) is 0 Å². The summed E-state index contributed by atoms with van der Waals surface area (Å²) in [7, 11) is 0. The van der Waals surface area contributed by atoms with Gasteiger partial charge in [-0.1, -0.05) is 29.8 Å². The van der Waals surface area contributed by atoms with Crippen LogP contribution in [0.4, 0.5) is 0 Å². The number of phenolic OH excluding ortho intramolecular Hbond substituents is 1. The van der Waals surface area contributed by atoms with Crippen molar-refractivity contribution in [3.63, 3.8) is 0 Å². The molecule has 0 atom stereocenters. The quantitative estimate of drug-likeness (QED) is 0.575. The van der Waals surface area contributed by atoms with Gasteiger partial charge in [-0.2, -0.15) is 0 Å². The maximum atomic E-state index is 12.2. The highest BCUT2D eigenvalue weighted by Crippen LogP contribution is 2.15. The number of nitrogens with one attached hydrogen (secondary N) is 2. The topological polar surface area (TPSA) is 95.5 Å². The number of hydrogen-bond donors (Lipinski definition) is 3. The summed E-state index contributed by atoms with van der Waals surface area (Å²) in [5.74, 6) is -1.42. The fourth-order valence-corrected chi connectivity index (χ4v) is 2.32. The Balaban J connectivity index is 1.85. The van der Waals surface area contributed by atoms with Gasteiger partial charge in [0.05, 0.1) is 5.56 Å². The van der Waals surface area contributed by atoms with Gasteiger partial charge in [-0.05, 0) is 37.6 Å². The molecule has 0 aliphatic rings. The number of para-hydroxylation sites is 1. The Labute approximate surface area is 145 Å². The molecule has 0 saturated heterocycles. The Morgan fingerprint density at radius 2 is 1.64 bits per heavy atom. The Bertz CT molecular complexity index is 815. The number of ketones is 1. The molecule has 3 N–H and O–H groups in total.